The van der Waals surface area contributed by atoms with Crippen LogP contribution in [-0.2, 0) is 7.05 Å². The number of nitrogens with one attached hydrogen (secondary N) is 1. The van der Waals surface area contributed by atoms with Crippen LogP contribution in [-0.4, -0.2) is 31.3 Å². The zero-order chi connectivity index (χ0) is 19.8. The van der Waals surface area contributed by atoms with Crippen LogP contribution in [0.25, 0.3) is 33.7 Å². The van der Waals surface area contributed by atoms with Crippen molar-refractivity contribution in [2.75, 3.05) is 12.3 Å². The maximum atomic E-state index is 12.7. The molecule has 4 aromatic rings. The van der Waals surface area contributed by atoms with Crippen LogP contribution in [0, 0.1) is 0 Å². The van der Waals surface area contributed by atoms with Crippen molar-refractivity contribution >= 4 is 28.3 Å². The summed E-state index contributed by atoms with van der Waals surface area (Å²) in [5.74, 6) is 0.653. The molecule has 0 atom stereocenters. The number of aromatic nitrogens is 5. The molecule has 8 nitrogen and oxygen atoms in total. The van der Waals surface area contributed by atoms with Gasteiger partial charge in [0.2, 0.25) is 5.88 Å². The lowest BCUT2D eigenvalue weighted by Crippen LogP contribution is -2.10. The Bertz CT molecular complexity index is 1230. The number of aromatic amines is 1. The molecule has 0 aliphatic heterocycles. The average Bonchev–Trinajstić information content (AvgIpc) is 3.01. The number of rotatable bonds is 4. The number of fused-ring (bicyclic) bond motifs is 1. The summed E-state index contributed by atoms with van der Waals surface area (Å²) >= 11 is 6.00. The number of aryl methyl sites for hydroxylation is 1. The Labute approximate surface area is 165 Å². The number of nitrogen functional groups attached to an aromatic ring is 1. The standard InChI is InChI=1S/C19H17ClN6O2/c1-3-28-19-13(8-12(21)9-22-19)17-23-14-15(18(27)24-17)25-26(2)16(14)10-4-6-11(20)7-5-10/h4-9H,3,21H2,1-2H3,(H,23,24,27). The highest BCUT2D eigenvalue weighted by molar-refractivity contribution is 6.30. The van der Waals surface area contributed by atoms with Gasteiger partial charge in [-0.05, 0) is 25.1 Å². The molecule has 3 aromatic heterocycles. The quantitative estimate of drug-likeness (QED) is 0.548. The van der Waals surface area contributed by atoms with Gasteiger partial charge < -0.3 is 15.5 Å². The van der Waals surface area contributed by atoms with E-state index in [4.69, 9.17) is 22.1 Å². The molecule has 0 bridgehead atoms. The largest absolute Gasteiger partial charge is 0.477 e. The van der Waals surface area contributed by atoms with E-state index in [1.54, 1.807) is 29.9 Å². The third-order valence-corrected chi connectivity index (χ3v) is 4.47. The smallest absolute Gasteiger partial charge is 0.279 e. The zero-order valence-electron chi connectivity index (χ0n) is 15.2. The first-order valence-electron chi connectivity index (χ1n) is 8.59. The zero-order valence-corrected chi connectivity index (χ0v) is 16.0. The molecule has 0 saturated carbocycles. The predicted octanol–water partition coefficient (Wildman–Crippen LogP) is 3.02. The third-order valence-electron chi connectivity index (χ3n) is 4.22. The first kappa shape index (κ1) is 18.0. The molecule has 142 valence electrons. The Morgan fingerprint density at radius 2 is 2.00 bits per heavy atom. The van der Waals surface area contributed by atoms with E-state index in [0.717, 1.165) is 5.56 Å². The highest BCUT2D eigenvalue weighted by Crippen LogP contribution is 2.31. The van der Waals surface area contributed by atoms with E-state index in [1.807, 2.05) is 19.1 Å². The summed E-state index contributed by atoms with van der Waals surface area (Å²) in [5, 5.41) is 4.95. The minimum absolute atomic E-state index is 0.242. The van der Waals surface area contributed by atoms with E-state index in [1.165, 1.54) is 6.20 Å². The summed E-state index contributed by atoms with van der Waals surface area (Å²) < 4.78 is 7.19. The van der Waals surface area contributed by atoms with Crippen LogP contribution >= 0.6 is 11.6 Å². The van der Waals surface area contributed by atoms with Crippen molar-refractivity contribution in [2.24, 2.45) is 7.05 Å². The Balaban J connectivity index is 1.99. The second kappa shape index (κ2) is 6.97. The first-order valence-corrected chi connectivity index (χ1v) is 8.97. The Hall–Kier alpha value is -3.39. The lowest BCUT2D eigenvalue weighted by Gasteiger charge is -2.09. The lowest BCUT2D eigenvalue weighted by atomic mass is 10.1. The number of nitrogens with zero attached hydrogens (tertiary/aromatic N) is 4. The van der Waals surface area contributed by atoms with Crippen molar-refractivity contribution in [3.8, 4) is 28.5 Å². The summed E-state index contributed by atoms with van der Waals surface area (Å²) in [4.78, 5) is 24.3. The minimum atomic E-state index is -0.360. The minimum Gasteiger partial charge on any atom is -0.477 e. The Morgan fingerprint density at radius 3 is 2.71 bits per heavy atom. The van der Waals surface area contributed by atoms with Gasteiger partial charge in [0.1, 0.15) is 11.3 Å². The molecule has 0 saturated heterocycles. The number of hydrogen-bond donors (Lipinski definition) is 2. The molecular weight excluding hydrogens is 380 g/mol. The van der Waals surface area contributed by atoms with Crippen molar-refractivity contribution in [1.29, 1.82) is 0 Å². The highest BCUT2D eigenvalue weighted by Gasteiger charge is 2.19. The predicted molar refractivity (Wildman–Crippen MR) is 108 cm³/mol. The summed E-state index contributed by atoms with van der Waals surface area (Å²) in [6.45, 7) is 2.26. The Kier molecular flexibility index (Phi) is 4.48. The van der Waals surface area contributed by atoms with Crippen LogP contribution in [0.1, 0.15) is 6.92 Å². The van der Waals surface area contributed by atoms with Crippen molar-refractivity contribution in [2.45, 2.75) is 6.92 Å². The maximum Gasteiger partial charge on any atom is 0.279 e. The van der Waals surface area contributed by atoms with Crippen molar-refractivity contribution in [1.82, 2.24) is 24.7 Å². The number of H-pyrrole nitrogens is 1. The summed E-state index contributed by atoms with van der Waals surface area (Å²) in [6, 6.07) is 8.93. The maximum absolute atomic E-state index is 12.7. The fraction of sp³-hybridized carbons (Fsp3) is 0.158. The normalized spacial score (nSPS) is 11.1. The second-order valence-electron chi connectivity index (χ2n) is 6.15. The van der Waals surface area contributed by atoms with E-state index in [0.29, 0.717) is 45.8 Å². The fourth-order valence-electron chi connectivity index (χ4n) is 3.03. The SMILES string of the molecule is CCOc1ncc(N)cc1-c1nc2c(-c3ccc(Cl)cc3)n(C)nc2c(=O)[nH]1. The van der Waals surface area contributed by atoms with Crippen LogP contribution in [0.15, 0.2) is 41.3 Å². The molecule has 0 amide bonds. The van der Waals surface area contributed by atoms with Crippen molar-refractivity contribution < 1.29 is 4.74 Å². The number of anilines is 1. The van der Waals surface area contributed by atoms with Crippen LogP contribution in [0.5, 0.6) is 5.88 Å². The van der Waals surface area contributed by atoms with Crippen LogP contribution in [0.2, 0.25) is 5.02 Å². The van der Waals surface area contributed by atoms with E-state index in [-0.39, 0.29) is 11.1 Å². The van der Waals surface area contributed by atoms with Gasteiger partial charge >= 0.3 is 0 Å². The number of nitrogens with two attached hydrogens (primary N) is 1. The van der Waals surface area contributed by atoms with Gasteiger partial charge in [-0.3, -0.25) is 9.48 Å². The molecule has 3 heterocycles. The van der Waals surface area contributed by atoms with E-state index in [9.17, 15) is 4.79 Å². The summed E-state index contributed by atoms with van der Waals surface area (Å²) in [7, 11) is 1.76. The van der Waals surface area contributed by atoms with Gasteiger partial charge in [0, 0.05) is 17.6 Å². The number of pyridine rings is 1. The number of halogens is 1. The molecule has 1 aromatic carbocycles. The molecule has 9 heteroatoms. The molecule has 0 fully saturated rings. The highest BCUT2D eigenvalue weighted by atomic mass is 35.5. The van der Waals surface area contributed by atoms with Gasteiger partial charge in [-0.2, -0.15) is 5.10 Å². The van der Waals surface area contributed by atoms with E-state index < -0.39 is 0 Å². The molecule has 0 radical (unpaired) electrons. The molecular formula is C19H17ClN6O2. The number of benzene rings is 1. The number of hydrogen-bond acceptors (Lipinski definition) is 6. The van der Waals surface area contributed by atoms with E-state index in [2.05, 4.69) is 20.1 Å². The average molecular weight is 397 g/mol. The molecule has 28 heavy (non-hydrogen) atoms. The number of ether oxygens (including phenoxy) is 1. The third kappa shape index (κ3) is 3.07. The first-order chi connectivity index (χ1) is 13.5. The fourth-order valence-corrected chi connectivity index (χ4v) is 3.15. The molecule has 0 aliphatic rings. The molecule has 4 rings (SSSR count). The van der Waals surface area contributed by atoms with E-state index >= 15 is 0 Å². The molecule has 0 unspecified atom stereocenters. The van der Waals surface area contributed by atoms with Crippen LogP contribution in [0.4, 0.5) is 5.69 Å². The summed E-state index contributed by atoms with van der Waals surface area (Å²) in [5.41, 5.74) is 8.72. The van der Waals surface area contributed by atoms with Crippen molar-refractivity contribution in [3.63, 3.8) is 0 Å². The van der Waals surface area contributed by atoms with Gasteiger partial charge in [-0.25, -0.2) is 9.97 Å². The molecule has 0 spiro atoms. The second-order valence-corrected chi connectivity index (χ2v) is 6.58. The monoisotopic (exact) mass is 396 g/mol. The van der Waals surface area contributed by atoms with Crippen LogP contribution < -0.4 is 16.0 Å². The van der Waals surface area contributed by atoms with Gasteiger partial charge in [0.15, 0.2) is 5.52 Å². The van der Waals surface area contributed by atoms with Crippen molar-refractivity contribution in [3.05, 3.63) is 51.9 Å². The summed E-state index contributed by atoms with van der Waals surface area (Å²) in [6.07, 6.45) is 1.49. The molecule has 3 N–H and O–H groups in total. The van der Waals surface area contributed by atoms with Gasteiger partial charge in [0.25, 0.3) is 5.56 Å². The van der Waals surface area contributed by atoms with Gasteiger partial charge in [-0.1, -0.05) is 23.7 Å². The van der Waals surface area contributed by atoms with Gasteiger partial charge in [0.05, 0.1) is 29.7 Å². The Morgan fingerprint density at radius 1 is 1.25 bits per heavy atom. The van der Waals surface area contributed by atoms with Crippen LogP contribution in [0.3, 0.4) is 0 Å². The molecule has 0 aliphatic carbocycles. The van der Waals surface area contributed by atoms with Gasteiger partial charge in [-0.15, -0.1) is 0 Å². The lowest BCUT2D eigenvalue weighted by molar-refractivity contribution is 0.328. The topological polar surface area (TPSA) is 112 Å².